The molecule has 24 heavy (non-hydrogen) atoms. The average molecular weight is 327 g/mol. The zero-order valence-electron chi connectivity index (χ0n) is 13.6. The van der Waals surface area contributed by atoms with E-state index in [1.165, 1.54) is 17.7 Å². The van der Waals surface area contributed by atoms with Gasteiger partial charge in [0.25, 0.3) is 11.5 Å². The fourth-order valence-corrected chi connectivity index (χ4v) is 3.24. The smallest absolute Gasteiger partial charge is 0.274 e. The van der Waals surface area contributed by atoms with Gasteiger partial charge in [0.2, 0.25) is 0 Å². The van der Waals surface area contributed by atoms with E-state index in [1.54, 1.807) is 12.0 Å². The van der Waals surface area contributed by atoms with Crippen molar-refractivity contribution in [1.82, 2.24) is 15.1 Å². The van der Waals surface area contributed by atoms with E-state index < -0.39 is 0 Å². The standard InChI is InChI=1S/C18H21N3O3/c1-24-16-9-10-21(18(23)15-7-8-17(22)20-19-15)12-14(16)11-13-5-3-2-4-6-13/h2-8,14,16H,9-12H2,1H3,(H,20,22)/t14-,16-/m1/s1. The number of aromatic amines is 1. The Morgan fingerprint density at radius 2 is 2.08 bits per heavy atom. The number of carbonyl (C=O) groups excluding carboxylic acids is 1. The predicted octanol–water partition coefficient (Wildman–Crippen LogP) is 1.49. The molecule has 0 aliphatic carbocycles. The topological polar surface area (TPSA) is 75.3 Å². The summed E-state index contributed by atoms with van der Waals surface area (Å²) in [5.74, 6) is 0.0803. The predicted molar refractivity (Wildman–Crippen MR) is 89.8 cm³/mol. The van der Waals surface area contributed by atoms with Crippen LogP contribution in [0.4, 0.5) is 0 Å². The second-order valence-electron chi connectivity index (χ2n) is 6.07. The van der Waals surface area contributed by atoms with Crippen LogP contribution in [0.5, 0.6) is 0 Å². The van der Waals surface area contributed by atoms with E-state index in [0.717, 1.165) is 12.8 Å². The number of ether oxygens (including phenoxy) is 1. The van der Waals surface area contributed by atoms with Crippen LogP contribution in [0.25, 0.3) is 0 Å². The van der Waals surface area contributed by atoms with E-state index in [4.69, 9.17) is 4.74 Å². The number of aromatic nitrogens is 2. The van der Waals surface area contributed by atoms with Gasteiger partial charge in [0.1, 0.15) is 5.69 Å². The SMILES string of the molecule is CO[C@@H]1CCN(C(=O)c2ccc(=O)[nH]n2)C[C@H]1Cc1ccccc1. The lowest BCUT2D eigenvalue weighted by atomic mass is 9.88. The molecule has 3 rings (SSSR count). The molecule has 1 amide bonds. The van der Waals surface area contributed by atoms with Crippen LogP contribution in [0.15, 0.2) is 47.3 Å². The number of nitrogens with one attached hydrogen (secondary N) is 1. The van der Waals surface area contributed by atoms with Crippen LogP contribution in [0.1, 0.15) is 22.5 Å². The highest BCUT2D eigenvalue weighted by molar-refractivity contribution is 5.92. The second-order valence-corrected chi connectivity index (χ2v) is 6.07. The van der Waals surface area contributed by atoms with Crippen LogP contribution in [0, 0.1) is 5.92 Å². The molecule has 1 aromatic carbocycles. The summed E-state index contributed by atoms with van der Waals surface area (Å²) in [4.78, 5) is 25.5. The first-order valence-corrected chi connectivity index (χ1v) is 8.09. The third-order valence-electron chi connectivity index (χ3n) is 4.49. The second kappa shape index (κ2) is 7.40. The monoisotopic (exact) mass is 327 g/mol. The summed E-state index contributed by atoms with van der Waals surface area (Å²) in [7, 11) is 1.73. The number of hydrogen-bond acceptors (Lipinski definition) is 4. The van der Waals surface area contributed by atoms with Gasteiger partial charge in [0.05, 0.1) is 6.10 Å². The first kappa shape index (κ1) is 16.4. The first-order chi connectivity index (χ1) is 11.7. The molecule has 1 fully saturated rings. The number of H-pyrrole nitrogens is 1. The molecule has 126 valence electrons. The molecule has 0 bridgehead atoms. The Morgan fingerprint density at radius 3 is 2.75 bits per heavy atom. The van der Waals surface area contributed by atoms with Gasteiger partial charge in [-0.3, -0.25) is 9.59 Å². The third-order valence-corrected chi connectivity index (χ3v) is 4.49. The van der Waals surface area contributed by atoms with Crippen molar-refractivity contribution in [3.63, 3.8) is 0 Å². The van der Waals surface area contributed by atoms with Crippen molar-refractivity contribution in [3.8, 4) is 0 Å². The van der Waals surface area contributed by atoms with Crippen LogP contribution in [-0.2, 0) is 11.2 Å². The van der Waals surface area contributed by atoms with E-state index in [2.05, 4.69) is 22.3 Å². The molecule has 6 heteroatoms. The van der Waals surface area contributed by atoms with Crippen LogP contribution in [-0.4, -0.2) is 47.3 Å². The number of carbonyl (C=O) groups is 1. The Morgan fingerprint density at radius 1 is 1.29 bits per heavy atom. The van der Waals surface area contributed by atoms with Gasteiger partial charge in [-0.25, -0.2) is 5.10 Å². The van der Waals surface area contributed by atoms with Crippen molar-refractivity contribution in [1.29, 1.82) is 0 Å². The first-order valence-electron chi connectivity index (χ1n) is 8.09. The molecule has 0 unspecified atom stereocenters. The molecule has 2 heterocycles. The maximum Gasteiger partial charge on any atom is 0.274 e. The van der Waals surface area contributed by atoms with Crippen LogP contribution in [0.3, 0.4) is 0 Å². The minimum atomic E-state index is -0.313. The summed E-state index contributed by atoms with van der Waals surface area (Å²) in [5.41, 5.74) is 1.19. The summed E-state index contributed by atoms with van der Waals surface area (Å²) in [6, 6.07) is 13.0. The summed E-state index contributed by atoms with van der Waals surface area (Å²) in [5, 5.41) is 6.15. The van der Waals surface area contributed by atoms with Gasteiger partial charge in [0, 0.05) is 32.2 Å². The number of benzene rings is 1. The van der Waals surface area contributed by atoms with Crippen LogP contribution >= 0.6 is 0 Å². The van der Waals surface area contributed by atoms with Crippen molar-refractivity contribution < 1.29 is 9.53 Å². The normalized spacial score (nSPS) is 20.8. The zero-order chi connectivity index (χ0) is 16.9. The van der Waals surface area contributed by atoms with E-state index in [-0.39, 0.29) is 29.2 Å². The minimum absolute atomic E-state index is 0.137. The maximum atomic E-state index is 12.6. The van der Waals surface area contributed by atoms with Gasteiger partial charge in [-0.2, -0.15) is 5.10 Å². The van der Waals surface area contributed by atoms with E-state index in [9.17, 15) is 9.59 Å². The maximum absolute atomic E-state index is 12.6. The van der Waals surface area contributed by atoms with Gasteiger partial charge in [-0.15, -0.1) is 0 Å². The minimum Gasteiger partial charge on any atom is -0.381 e. The molecule has 0 spiro atoms. The van der Waals surface area contributed by atoms with E-state index in [1.807, 2.05) is 18.2 Å². The Balaban J connectivity index is 1.73. The summed E-state index contributed by atoms with van der Waals surface area (Å²) in [6.45, 7) is 1.25. The molecule has 1 N–H and O–H groups in total. The molecule has 1 aromatic heterocycles. The quantitative estimate of drug-likeness (QED) is 0.923. The number of methoxy groups -OCH3 is 1. The lowest BCUT2D eigenvalue weighted by Gasteiger charge is -2.37. The highest BCUT2D eigenvalue weighted by Crippen LogP contribution is 2.24. The number of rotatable bonds is 4. The molecule has 6 nitrogen and oxygen atoms in total. The highest BCUT2D eigenvalue weighted by Gasteiger charge is 2.32. The molecule has 0 radical (unpaired) electrons. The average Bonchev–Trinajstić information content (AvgIpc) is 2.62. The summed E-state index contributed by atoms with van der Waals surface area (Å²) >= 11 is 0. The molecule has 1 aliphatic rings. The molecular weight excluding hydrogens is 306 g/mol. The molecular formula is C18H21N3O3. The molecule has 2 atom stereocenters. The van der Waals surface area contributed by atoms with E-state index in [0.29, 0.717) is 13.1 Å². The fourth-order valence-electron chi connectivity index (χ4n) is 3.24. The van der Waals surface area contributed by atoms with Gasteiger partial charge < -0.3 is 9.64 Å². The Labute approximate surface area is 140 Å². The Hall–Kier alpha value is -2.47. The fraction of sp³-hybridized carbons (Fsp3) is 0.389. The number of likely N-dealkylation sites (tertiary alicyclic amines) is 1. The summed E-state index contributed by atoms with van der Waals surface area (Å²) < 4.78 is 5.62. The molecule has 1 saturated heterocycles. The zero-order valence-corrected chi connectivity index (χ0v) is 13.6. The van der Waals surface area contributed by atoms with E-state index >= 15 is 0 Å². The highest BCUT2D eigenvalue weighted by atomic mass is 16.5. The van der Waals surface area contributed by atoms with Crippen molar-refractivity contribution in [2.24, 2.45) is 5.92 Å². The van der Waals surface area contributed by atoms with Gasteiger partial charge >= 0.3 is 0 Å². The van der Waals surface area contributed by atoms with Gasteiger partial charge in [-0.05, 0) is 24.5 Å². The number of amides is 1. The van der Waals surface area contributed by atoms with Crippen LogP contribution in [0.2, 0.25) is 0 Å². The third kappa shape index (κ3) is 3.71. The number of piperidine rings is 1. The van der Waals surface area contributed by atoms with Crippen molar-refractivity contribution in [3.05, 3.63) is 64.1 Å². The summed E-state index contributed by atoms with van der Waals surface area (Å²) in [6.07, 6.45) is 1.79. The van der Waals surface area contributed by atoms with Gasteiger partial charge in [0.15, 0.2) is 0 Å². The number of hydrogen-bond donors (Lipinski definition) is 1. The Kier molecular flexibility index (Phi) is 5.05. The van der Waals surface area contributed by atoms with Crippen molar-refractivity contribution in [2.45, 2.75) is 18.9 Å². The largest absolute Gasteiger partial charge is 0.381 e. The molecule has 1 aliphatic heterocycles. The van der Waals surface area contributed by atoms with Crippen molar-refractivity contribution >= 4 is 5.91 Å². The Bertz CT molecular complexity index is 724. The number of nitrogens with zero attached hydrogens (tertiary/aromatic N) is 2. The molecule has 2 aromatic rings. The van der Waals surface area contributed by atoms with Gasteiger partial charge in [-0.1, -0.05) is 30.3 Å². The van der Waals surface area contributed by atoms with Crippen LogP contribution < -0.4 is 5.56 Å². The lowest BCUT2D eigenvalue weighted by Crippen LogP contribution is -2.47. The van der Waals surface area contributed by atoms with Crippen molar-refractivity contribution in [2.75, 3.05) is 20.2 Å². The molecule has 0 saturated carbocycles. The lowest BCUT2D eigenvalue weighted by molar-refractivity contribution is -0.00320.